The lowest BCUT2D eigenvalue weighted by Gasteiger charge is -2.12. The van der Waals surface area contributed by atoms with Crippen LogP contribution in [-0.4, -0.2) is 18.5 Å². The number of nitrogens with one attached hydrogen (secondary N) is 1. The number of halogens is 1. The molecule has 0 spiro atoms. The summed E-state index contributed by atoms with van der Waals surface area (Å²) in [7, 11) is 0. The molecule has 1 aliphatic rings. The second-order valence-corrected chi connectivity index (χ2v) is 4.30. The van der Waals surface area contributed by atoms with Crippen LogP contribution in [0.1, 0.15) is 39.0 Å². The van der Waals surface area contributed by atoms with Crippen molar-refractivity contribution in [3.63, 3.8) is 0 Å². The van der Waals surface area contributed by atoms with E-state index >= 15 is 0 Å². The number of rotatable bonds is 7. The highest BCUT2D eigenvalue weighted by Crippen LogP contribution is 2.31. The van der Waals surface area contributed by atoms with Crippen LogP contribution in [0.15, 0.2) is 0 Å². The van der Waals surface area contributed by atoms with Gasteiger partial charge in [0.25, 0.3) is 0 Å². The van der Waals surface area contributed by atoms with Crippen molar-refractivity contribution in [3.05, 3.63) is 0 Å². The summed E-state index contributed by atoms with van der Waals surface area (Å²) in [4.78, 5) is 0. The van der Waals surface area contributed by atoms with Crippen LogP contribution >= 0.6 is 11.6 Å². The minimum atomic E-state index is 0.655. The SMILES string of the molecule is CC(CCCCl)NCCC1CC1. The van der Waals surface area contributed by atoms with Crippen molar-refractivity contribution in [3.8, 4) is 0 Å². The lowest BCUT2D eigenvalue weighted by molar-refractivity contribution is 0.492. The molecule has 0 aromatic heterocycles. The van der Waals surface area contributed by atoms with Gasteiger partial charge >= 0.3 is 0 Å². The lowest BCUT2D eigenvalue weighted by Crippen LogP contribution is -2.27. The zero-order valence-electron chi connectivity index (χ0n) is 7.98. The van der Waals surface area contributed by atoms with Crippen molar-refractivity contribution >= 4 is 11.6 Å². The Bertz CT molecular complexity index is 112. The van der Waals surface area contributed by atoms with E-state index in [1.165, 1.54) is 32.2 Å². The zero-order valence-corrected chi connectivity index (χ0v) is 8.74. The Morgan fingerprint density at radius 2 is 2.25 bits per heavy atom. The fourth-order valence-electron chi connectivity index (χ4n) is 1.43. The molecule has 72 valence electrons. The highest BCUT2D eigenvalue weighted by Gasteiger charge is 2.20. The minimum absolute atomic E-state index is 0.655. The number of hydrogen-bond donors (Lipinski definition) is 1. The fourth-order valence-corrected chi connectivity index (χ4v) is 1.58. The molecule has 0 aromatic carbocycles. The predicted octanol–water partition coefficient (Wildman–Crippen LogP) is 2.78. The Labute approximate surface area is 80.9 Å². The van der Waals surface area contributed by atoms with E-state index in [0.717, 1.165) is 18.2 Å². The fraction of sp³-hybridized carbons (Fsp3) is 1.00. The first-order valence-corrected chi connectivity index (χ1v) is 5.65. The van der Waals surface area contributed by atoms with Gasteiger partial charge in [-0.3, -0.25) is 0 Å². The van der Waals surface area contributed by atoms with Crippen LogP contribution in [0.5, 0.6) is 0 Å². The van der Waals surface area contributed by atoms with E-state index in [1.54, 1.807) is 0 Å². The third-order valence-corrected chi connectivity index (χ3v) is 2.78. The van der Waals surface area contributed by atoms with E-state index in [9.17, 15) is 0 Å². The van der Waals surface area contributed by atoms with Crippen LogP contribution in [0.2, 0.25) is 0 Å². The molecule has 0 bridgehead atoms. The molecule has 0 aliphatic heterocycles. The largest absolute Gasteiger partial charge is 0.314 e. The molecule has 1 fully saturated rings. The number of hydrogen-bond acceptors (Lipinski definition) is 1. The average molecular weight is 190 g/mol. The average Bonchev–Trinajstić information content (AvgIpc) is 2.84. The van der Waals surface area contributed by atoms with Crippen LogP contribution in [0.25, 0.3) is 0 Å². The van der Waals surface area contributed by atoms with E-state index in [4.69, 9.17) is 11.6 Å². The molecular formula is C10H20ClN. The van der Waals surface area contributed by atoms with E-state index in [-0.39, 0.29) is 0 Å². The molecule has 1 N–H and O–H groups in total. The van der Waals surface area contributed by atoms with Gasteiger partial charge in [0.05, 0.1) is 0 Å². The Morgan fingerprint density at radius 1 is 1.50 bits per heavy atom. The zero-order chi connectivity index (χ0) is 8.81. The molecule has 2 heteroatoms. The quantitative estimate of drug-likeness (QED) is 0.608. The molecule has 1 nitrogen and oxygen atoms in total. The molecule has 0 amide bonds. The summed E-state index contributed by atoms with van der Waals surface area (Å²) in [5, 5.41) is 3.53. The van der Waals surface area contributed by atoms with Gasteiger partial charge in [0.1, 0.15) is 0 Å². The summed E-state index contributed by atoms with van der Waals surface area (Å²) in [5.41, 5.74) is 0. The number of alkyl halides is 1. The Hall–Kier alpha value is 0.250. The third-order valence-electron chi connectivity index (χ3n) is 2.51. The lowest BCUT2D eigenvalue weighted by atomic mass is 10.2. The minimum Gasteiger partial charge on any atom is -0.314 e. The first-order valence-electron chi connectivity index (χ1n) is 5.12. The summed E-state index contributed by atoms with van der Waals surface area (Å²) >= 11 is 5.61. The monoisotopic (exact) mass is 189 g/mol. The first kappa shape index (κ1) is 10.3. The molecule has 1 aliphatic carbocycles. The van der Waals surface area contributed by atoms with Crippen molar-refractivity contribution in [2.24, 2.45) is 5.92 Å². The van der Waals surface area contributed by atoms with Gasteiger partial charge in [0.15, 0.2) is 0 Å². The van der Waals surface area contributed by atoms with Gasteiger partial charge in [-0.25, -0.2) is 0 Å². The molecule has 1 saturated carbocycles. The summed E-state index contributed by atoms with van der Waals surface area (Å²) in [6.07, 6.45) is 6.67. The smallest absolute Gasteiger partial charge is 0.0224 e. The van der Waals surface area contributed by atoms with Gasteiger partial charge in [0.2, 0.25) is 0 Å². The molecule has 1 rings (SSSR count). The second kappa shape index (κ2) is 5.82. The van der Waals surface area contributed by atoms with Crippen molar-refractivity contribution in [1.29, 1.82) is 0 Å². The highest BCUT2D eigenvalue weighted by atomic mass is 35.5. The summed E-state index contributed by atoms with van der Waals surface area (Å²) in [6, 6.07) is 0.655. The Balaban J connectivity index is 1.83. The van der Waals surface area contributed by atoms with E-state index in [0.29, 0.717) is 6.04 Å². The van der Waals surface area contributed by atoms with Crippen LogP contribution < -0.4 is 5.32 Å². The maximum absolute atomic E-state index is 5.61. The van der Waals surface area contributed by atoms with Crippen molar-refractivity contribution in [1.82, 2.24) is 5.32 Å². The van der Waals surface area contributed by atoms with Crippen LogP contribution in [-0.2, 0) is 0 Å². The maximum atomic E-state index is 5.61. The second-order valence-electron chi connectivity index (χ2n) is 3.92. The van der Waals surface area contributed by atoms with Crippen LogP contribution in [0.3, 0.4) is 0 Å². The van der Waals surface area contributed by atoms with Gasteiger partial charge in [-0.15, -0.1) is 11.6 Å². The Morgan fingerprint density at radius 3 is 2.83 bits per heavy atom. The van der Waals surface area contributed by atoms with Crippen LogP contribution in [0.4, 0.5) is 0 Å². The van der Waals surface area contributed by atoms with Gasteiger partial charge < -0.3 is 5.32 Å². The highest BCUT2D eigenvalue weighted by molar-refractivity contribution is 6.17. The predicted molar refractivity (Wildman–Crippen MR) is 54.8 cm³/mol. The molecule has 0 radical (unpaired) electrons. The van der Waals surface area contributed by atoms with Gasteiger partial charge in [0, 0.05) is 11.9 Å². The van der Waals surface area contributed by atoms with E-state index in [1.807, 2.05) is 0 Å². The summed E-state index contributed by atoms with van der Waals surface area (Å²) in [6.45, 7) is 3.45. The maximum Gasteiger partial charge on any atom is 0.0224 e. The van der Waals surface area contributed by atoms with Crippen molar-refractivity contribution < 1.29 is 0 Å². The van der Waals surface area contributed by atoms with Crippen LogP contribution in [0, 0.1) is 5.92 Å². The normalized spacial score (nSPS) is 19.5. The van der Waals surface area contributed by atoms with Gasteiger partial charge in [-0.1, -0.05) is 12.8 Å². The molecular weight excluding hydrogens is 170 g/mol. The van der Waals surface area contributed by atoms with Gasteiger partial charge in [-0.2, -0.15) is 0 Å². The molecule has 1 atom stereocenters. The molecule has 1 unspecified atom stereocenters. The molecule has 0 heterocycles. The molecule has 0 saturated heterocycles. The first-order chi connectivity index (χ1) is 5.83. The van der Waals surface area contributed by atoms with E-state index < -0.39 is 0 Å². The summed E-state index contributed by atoms with van der Waals surface area (Å²) in [5.74, 6) is 1.85. The standard InChI is InChI=1S/C10H20ClN/c1-9(3-2-7-11)12-8-6-10-4-5-10/h9-10,12H,2-8H2,1H3. The third kappa shape index (κ3) is 5.00. The van der Waals surface area contributed by atoms with Crippen molar-refractivity contribution in [2.45, 2.75) is 45.1 Å². The summed E-state index contributed by atoms with van der Waals surface area (Å²) < 4.78 is 0. The van der Waals surface area contributed by atoms with E-state index in [2.05, 4.69) is 12.2 Å². The molecule has 0 aromatic rings. The Kier molecular flexibility index (Phi) is 5.01. The topological polar surface area (TPSA) is 12.0 Å². The van der Waals surface area contributed by atoms with Crippen molar-refractivity contribution in [2.75, 3.05) is 12.4 Å². The molecule has 12 heavy (non-hydrogen) atoms. The van der Waals surface area contributed by atoms with Gasteiger partial charge in [-0.05, 0) is 38.6 Å².